The molecule has 0 aromatic carbocycles. The van der Waals surface area contributed by atoms with Gasteiger partial charge in [-0.25, -0.2) is 4.98 Å². The van der Waals surface area contributed by atoms with Crippen molar-refractivity contribution in [3.05, 3.63) is 10.6 Å². The number of amides is 1. The van der Waals surface area contributed by atoms with Gasteiger partial charge < -0.3 is 5.32 Å². The molecular weight excluding hydrogens is 322 g/mol. The number of nitrogens with one attached hydrogen (secondary N) is 1. The van der Waals surface area contributed by atoms with E-state index in [0.717, 1.165) is 6.92 Å². The van der Waals surface area contributed by atoms with E-state index in [9.17, 15) is 31.1 Å². The van der Waals surface area contributed by atoms with E-state index in [4.69, 9.17) is 0 Å². The fourth-order valence-corrected chi connectivity index (χ4v) is 2.58. The van der Waals surface area contributed by atoms with Crippen LogP contribution in [0, 0.1) is 12.8 Å². The molecule has 0 bridgehead atoms. The van der Waals surface area contributed by atoms with Gasteiger partial charge in [-0.3, -0.25) is 4.79 Å². The highest BCUT2D eigenvalue weighted by molar-refractivity contribution is 7.16. The van der Waals surface area contributed by atoms with E-state index in [0.29, 0.717) is 0 Å². The van der Waals surface area contributed by atoms with Crippen molar-refractivity contribution in [2.24, 2.45) is 5.92 Å². The Labute approximate surface area is 120 Å². The maximum absolute atomic E-state index is 12.7. The molecule has 0 radical (unpaired) electrons. The molecule has 1 amide bonds. The summed E-state index contributed by atoms with van der Waals surface area (Å²) in [6, 6.07) is 0. The molecule has 0 saturated carbocycles. The number of hydrogen-bond donors (Lipinski definition) is 1. The second-order valence-electron chi connectivity index (χ2n) is 4.63. The van der Waals surface area contributed by atoms with E-state index in [1.807, 2.05) is 0 Å². The van der Waals surface area contributed by atoms with Crippen molar-refractivity contribution in [3.8, 4) is 0 Å². The van der Waals surface area contributed by atoms with Gasteiger partial charge >= 0.3 is 12.4 Å². The van der Waals surface area contributed by atoms with Crippen LogP contribution in [0.3, 0.4) is 0 Å². The summed E-state index contributed by atoms with van der Waals surface area (Å²) >= 11 is 0.184. The SMILES string of the molecule is Cc1nc(NC(=O)C(C)C)sc1C(C(F)(F)F)C(F)(F)F. The molecule has 1 aromatic heterocycles. The zero-order valence-corrected chi connectivity index (χ0v) is 12.0. The van der Waals surface area contributed by atoms with E-state index >= 15 is 0 Å². The Balaban J connectivity index is 3.18. The number of aromatic nitrogens is 1. The minimum absolute atomic E-state index is 0.184. The average molecular weight is 334 g/mol. The van der Waals surface area contributed by atoms with Gasteiger partial charge in [0.1, 0.15) is 0 Å². The van der Waals surface area contributed by atoms with Gasteiger partial charge in [0, 0.05) is 5.92 Å². The van der Waals surface area contributed by atoms with Gasteiger partial charge in [-0.15, -0.1) is 11.3 Å². The summed E-state index contributed by atoms with van der Waals surface area (Å²) in [7, 11) is 0. The highest BCUT2D eigenvalue weighted by Gasteiger charge is 2.59. The average Bonchev–Trinajstić information content (AvgIpc) is 2.54. The monoisotopic (exact) mass is 334 g/mol. The molecule has 0 aliphatic rings. The Morgan fingerprint density at radius 3 is 2.00 bits per heavy atom. The number of rotatable bonds is 3. The summed E-state index contributed by atoms with van der Waals surface area (Å²) in [4.78, 5) is 14.0. The Morgan fingerprint density at radius 2 is 1.62 bits per heavy atom. The highest BCUT2D eigenvalue weighted by atomic mass is 32.1. The lowest BCUT2D eigenvalue weighted by atomic mass is 10.1. The van der Waals surface area contributed by atoms with E-state index in [-0.39, 0.29) is 16.5 Å². The summed E-state index contributed by atoms with van der Waals surface area (Å²) in [5.74, 6) is -4.61. The number of aryl methyl sites for hydroxylation is 1. The van der Waals surface area contributed by atoms with Crippen molar-refractivity contribution in [3.63, 3.8) is 0 Å². The summed E-state index contributed by atoms with van der Waals surface area (Å²) < 4.78 is 75.9. The molecule has 0 unspecified atom stereocenters. The van der Waals surface area contributed by atoms with Crippen molar-refractivity contribution >= 4 is 22.4 Å². The first-order valence-electron chi connectivity index (χ1n) is 5.75. The second-order valence-corrected chi connectivity index (χ2v) is 5.66. The molecule has 0 spiro atoms. The minimum Gasteiger partial charge on any atom is -0.302 e. The number of nitrogens with zero attached hydrogens (tertiary/aromatic N) is 1. The molecule has 1 rings (SSSR count). The van der Waals surface area contributed by atoms with Crippen LogP contribution in [0.4, 0.5) is 31.5 Å². The van der Waals surface area contributed by atoms with Crippen LogP contribution < -0.4 is 5.32 Å². The fraction of sp³-hybridized carbons (Fsp3) is 0.636. The molecule has 0 aliphatic carbocycles. The summed E-state index contributed by atoms with van der Waals surface area (Å²) in [5, 5.41) is 1.92. The third-order valence-electron chi connectivity index (χ3n) is 2.50. The maximum atomic E-state index is 12.7. The summed E-state index contributed by atoms with van der Waals surface area (Å²) in [6.45, 7) is 4.11. The van der Waals surface area contributed by atoms with Crippen LogP contribution in [0.2, 0.25) is 0 Å². The van der Waals surface area contributed by atoms with Gasteiger partial charge in [0.2, 0.25) is 5.91 Å². The highest BCUT2D eigenvalue weighted by Crippen LogP contribution is 2.49. The Bertz CT molecular complexity index is 506. The number of halogens is 6. The van der Waals surface area contributed by atoms with Crippen LogP contribution in [-0.2, 0) is 4.79 Å². The zero-order valence-electron chi connectivity index (χ0n) is 11.2. The molecule has 1 heterocycles. The third kappa shape index (κ3) is 4.32. The maximum Gasteiger partial charge on any atom is 0.405 e. The first kappa shape index (κ1) is 17.7. The van der Waals surface area contributed by atoms with Crippen molar-refractivity contribution in [2.45, 2.75) is 39.0 Å². The number of carbonyl (C=O) groups is 1. The van der Waals surface area contributed by atoms with Crippen LogP contribution in [0.1, 0.15) is 30.3 Å². The molecule has 10 heteroatoms. The zero-order chi connectivity index (χ0) is 16.6. The van der Waals surface area contributed by atoms with Gasteiger partial charge in [0.05, 0.1) is 10.6 Å². The van der Waals surface area contributed by atoms with Gasteiger partial charge in [-0.1, -0.05) is 13.8 Å². The van der Waals surface area contributed by atoms with Gasteiger partial charge in [0.15, 0.2) is 11.0 Å². The topological polar surface area (TPSA) is 42.0 Å². The molecule has 0 atom stereocenters. The molecule has 120 valence electrons. The van der Waals surface area contributed by atoms with Crippen LogP contribution in [0.25, 0.3) is 0 Å². The smallest absolute Gasteiger partial charge is 0.302 e. The first-order chi connectivity index (χ1) is 9.34. The third-order valence-corrected chi connectivity index (χ3v) is 3.64. The molecule has 0 fully saturated rings. The molecule has 21 heavy (non-hydrogen) atoms. The van der Waals surface area contributed by atoms with E-state index in [1.54, 1.807) is 0 Å². The number of thiazole rings is 1. The molecular formula is C11H12F6N2OS. The molecule has 1 aromatic rings. The Kier molecular flexibility index (Phi) is 4.91. The molecule has 1 N–H and O–H groups in total. The van der Waals surface area contributed by atoms with Gasteiger partial charge in [0.25, 0.3) is 0 Å². The second kappa shape index (κ2) is 5.82. The lowest BCUT2D eigenvalue weighted by Crippen LogP contribution is -2.33. The van der Waals surface area contributed by atoms with Gasteiger partial charge in [-0.05, 0) is 6.92 Å². The molecule has 3 nitrogen and oxygen atoms in total. The number of hydrogen-bond acceptors (Lipinski definition) is 3. The number of carbonyl (C=O) groups excluding carboxylic acids is 1. The van der Waals surface area contributed by atoms with Crippen molar-refractivity contribution < 1.29 is 31.1 Å². The Morgan fingerprint density at radius 1 is 1.14 bits per heavy atom. The minimum atomic E-state index is -5.48. The largest absolute Gasteiger partial charge is 0.405 e. The van der Waals surface area contributed by atoms with E-state index in [2.05, 4.69) is 10.3 Å². The van der Waals surface area contributed by atoms with Gasteiger partial charge in [-0.2, -0.15) is 26.3 Å². The molecule has 0 saturated heterocycles. The van der Waals surface area contributed by atoms with Crippen molar-refractivity contribution in [1.29, 1.82) is 0 Å². The lowest BCUT2D eigenvalue weighted by Gasteiger charge is -2.22. The van der Waals surface area contributed by atoms with Crippen molar-refractivity contribution in [1.82, 2.24) is 4.98 Å². The van der Waals surface area contributed by atoms with Crippen molar-refractivity contribution in [2.75, 3.05) is 5.32 Å². The number of anilines is 1. The molecule has 0 aliphatic heterocycles. The normalized spacial score (nSPS) is 13.1. The van der Waals surface area contributed by atoms with Crippen LogP contribution >= 0.6 is 11.3 Å². The first-order valence-corrected chi connectivity index (χ1v) is 6.57. The predicted octanol–water partition coefficient (Wildman–Crippen LogP) is 4.25. The quantitative estimate of drug-likeness (QED) is 0.840. The fourth-order valence-electron chi connectivity index (χ4n) is 1.46. The van der Waals surface area contributed by atoms with E-state index in [1.165, 1.54) is 13.8 Å². The standard InChI is InChI=1S/C11H12F6N2OS/c1-4(2)8(20)19-9-18-5(3)6(21-9)7(10(12,13)14)11(15,16)17/h4,7H,1-3H3,(H,18,19,20). The Hall–Kier alpha value is -1.32. The van der Waals surface area contributed by atoms with Crippen LogP contribution in [0.15, 0.2) is 0 Å². The van der Waals surface area contributed by atoms with Crippen LogP contribution in [0.5, 0.6) is 0 Å². The summed E-state index contributed by atoms with van der Waals surface area (Å²) in [6.07, 6.45) is -11.0. The predicted molar refractivity (Wildman–Crippen MR) is 65.2 cm³/mol. The van der Waals surface area contributed by atoms with E-state index < -0.39 is 40.7 Å². The number of alkyl halides is 6. The summed E-state index contributed by atoms with van der Waals surface area (Å²) in [5.41, 5.74) is -0.404. The van der Waals surface area contributed by atoms with Crippen LogP contribution in [-0.4, -0.2) is 23.2 Å². The lowest BCUT2D eigenvalue weighted by molar-refractivity contribution is -0.252.